The third kappa shape index (κ3) is 4.13. The van der Waals surface area contributed by atoms with Crippen LogP contribution in [0.1, 0.15) is 47.4 Å². The Hall–Kier alpha value is -2.75. The van der Waals surface area contributed by atoms with Crippen LogP contribution in [-0.4, -0.2) is 16.6 Å². The summed E-state index contributed by atoms with van der Waals surface area (Å²) in [4.78, 5) is 28.1. The highest BCUT2D eigenvalue weighted by atomic mass is 16.3. The van der Waals surface area contributed by atoms with Crippen LogP contribution in [0, 0.1) is 0 Å². The molecule has 0 bridgehead atoms. The lowest BCUT2D eigenvalue weighted by Crippen LogP contribution is -2.05. The van der Waals surface area contributed by atoms with Gasteiger partial charge in [0.25, 0.3) is 0 Å². The van der Waals surface area contributed by atoms with Gasteiger partial charge in [0.05, 0.1) is 0 Å². The Bertz CT molecular complexity index is 790. The summed E-state index contributed by atoms with van der Waals surface area (Å²) in [7, 11) is 0. The molecule has 0 aliphatic rings. The topological polar surface area (TPSA) is 60.2 Å². The van der Waals surface area contributed by atoms with Gasteiger partial charge in [0.15, 0.2) is 23.5 Å². The lowest BCUT2D eigenvalue weighted by Gasteiger charge is -2.01. The average Bonchev–Trinajstić information content (AvgIpc) is 3.09. The van der Waals surface area contributed by atoms with Crippen molar-refractivity contribution in [3.05, 3.63) is 66.1 Å². The second kappa shape index (κ2) is 8.03. The van der Waals surface area contributed by atoms with E-state index in [1.165, 1.54) is 6.39 Å². The Morgan fingerprint density at radius 3 is 2.26 bits per heavy atom. The van der Waals surface area contributed by atoms with Gasteiger partial charge in [-0.2, -0.15) is 0 Å². The van der Waals surface area contributed by atoms with Crippen molar-refractivity contribution in [1.82, 2.24) is 4.98 Å². The molecule has 0 aliphatic heterocycles. The number of fused-ring (bicyclic) bond motifs is 1. The predicted octanol–water partition coefficient (Wildman–Crippen LogP) is 4.70. The molecule has 0 radical (unpaired) electrons. The zero-order valence-electron chi connectivity index (χ0n) is 13.3. The number of rotatable bonds is 5. The van der Waals surface area contributed by atoms with Gasteiger partial charge < -0.3 is 4.42 Å². The van der Waals surface area contributed by atoms with E-state index in [4.69, 9.17) is 4.42 Å². The highest BCUT2D eigenvalue weighted by Crippen LogP contribution is 2.16. The van der Waals surface area contributed by atoms with Gasteiger partial charge >= 0.3 is 0 Å². The molecule has 0 amide bonds. The summed E-state index contributed by atoms with van der Waals surface area (Å²) in [6.45, 7) is 4.00. The molecule has 4 nitrogen and oxygen atoms in total. The van der Waals surface area contributed by atoms with Crippen LogP contribution in [0.3, 0.4) is 0 Å². The van der Waals surface area contributed by atoms with Crippen molar-refractivity contribution >= 4 is 22.7 Å². The Morgan fingerprint density at radius 2 is 1.57 bits per heavy atom. The van der Waals surface area contributed by atoms with E-state index < -0.39 is 0 Å². The first-order valence-corrected chi connectivity index (χ1v) is 7.69. The van der Waals surface area contributed by atoms with Crippen molar-refractivity contribution in [3.8, 4) is 0 Å². The number of carbonyl (C=O) groups excluding carboxylic acids is 2. The summed E-state index contributed by atoms with van der Waals surface area (Å²) in [5.41, 5.74) is 2.48. The van der Waals surface area contributed by atoms with E-state index in [0.29, 0.717) is 22.2 Å². The van der Waals surface area contributed by atoms with E-state index >= 15 is 0 Å². The van der Waals surface area contributed by atoms with Gasteiger partial charge in [-0.15, -0.1) is 0 Å². The van der Waals surface area contributed by atoms with Gasteiger partial charge in [-0.3, -0.25) is 9.59 Å². The first-order valence-electron chi connectivity index (χ1n) is 7.69. The summed E-state index contributed by atoms with van der Waals surface area (Å²) in [6, 6.07) is 14.1. The highest BCUT2D eigenvalue weighted by Gasteiger charge is 2.12. The minimum atomic E-state index is -0.0656. The summed E-state index contributed by atoms with van der Waals surface area (Å²) >= 11 is 0. The molecule has 4 heteroatoms. The van der Waals surface area contributed by atoms with Gasteiger partial charge in [-0.25, -0.2) is 4.98 Å². The molecule has 3 rings (SSSR count). The van der Waals surface area contributed by atoms with E-state index in [0.717, 1.165) is 0 Å². The predicted molar refractivity (Wildman–Crippen MR) is 89.7 cm³/mol. The fraction of sp³-hybridized carbons (Fsp3) is 0.211. The maximum Gasteiger partial charge on any atom is 0.181 e. The fourth-order valence-electron chi connectivity index (χ4n) is 2.17. The molecular formula is C19H19NO3. The second-order valence-corrected chi connectivity index (χ2v) is 4.75. The minimum absolute atomic E-state index is 0.0218. The second-order valence-electron chi connectivity index (χ2n) is 4.75. The number of Topliss-reactive ketones (excluding diaryl/α,β-unsaturated/α-hetero) is 2. The van der Waals surface area contributed by atoms with Gasteiger partial charge in [0.1, 0.15) is 5.52 Å². The van der Waals surface area contributed by atoms with Gasteiger partial charge in [-0.1, -0.05) is 44.2 Å². The SMILES string of the molecule is CC.O=C(CCC(=O)c1ccc2ocnc2c1)c1ccccc1. The van der Waals surface area contributed by atoms with Crippen LogP contribution in [-0.2, 0) is 0 Å². The van der Waals surface area contributed by atoms with Crippen LogP contribution in [0.2, 0.25) is 0 Å². The van der Waals surface area contributed by atoms with Crippen molar-refractivity contribution in [2.45, 2.75) is 26.7 Å². The Kier molecular flexibility index (Phi) is 5.80. The van der Waals surface area contributed by atoms with Crippen molar-refractivity contribution in [2.24, 2.45) is 0 Å². The normalized spacial score (nSPS) is 10.0. The van der Waals surface area contributed by atoms with Crippen LogP contribution < -0.4 is 0 Å². The summed E-state index contributed by atoms with van der Waals surface area (Å²) < 4.78 is 5.13. The van der Waals surface area contributed by atoms with Crippen molar-refractivity contribution < 1.29 is 14.0 Å². The van der Waals surface area contributed by atoms with Gasteiger partial charge in [-0.05, 0) is 18.2 Å². The van der Waals surface area contributed by atoms with Crippen molar-refractivity contribution in [3.63, 3.8) is 0 Å². The molecule has 3 aromatic rings. The summed E-state index contributed by atoms with van der Waals surface area (Å²) in [6.07, 6.45) is 1.74. The molecule has 0 atom stereocenters. The van der Waals surface area contributed by atoms with E-state index in [2.05, 4.69) is 4.98 Å². The molecule has 0 aliphatic carbocycles. The lowest BCUT2D eigenvalue weighted by molar-refractivity contribution is 0.0917. The molecule has 0 unspecified atom stereocenters. The zero-order chi connectivity index (χ0) is 16.7. The molecule has 23 heavy (non-hydrogen) atoms. The number of nitrogens with zero attached hydrogens (tertiary/aromatic N) is 1. The van der Waals surface area contributed by atoms with E-state index in [1.54, 1.807) is 30.3 Å². The molecule has 0 fully saturated rings. The van der Waals surface area contributed by atoms with Crippen LogP contribution in [0.4, 0.5) is 0 Å². The first kappa shape index (κ1) is 16.6. The molecule has 118 valence electrons. The Labute approximate surface area is 135 Å². The van der Waals surface area contributed by atoms with Crippen molar-refractivity contribution in [1.29, 1.82) is 0 Å². The van der Waals surface area contributed by atoms with Crippen LogP contribution >= 0.6 is 0 Å². The molecule has 0 saturated carbocycles. The number of oxazole rings is 1. The maximum atomic E-state index is 12.1. The molecule has 0 spiro atoms. The highest BCUT2D eigenvalue weighted by molar-refractivity contribution is 6.03. The molecule has 1 heterocycles. The van der Waals surface area contributed by atoms with E-state index in [1.807, 2.05) is 32.0 Å². The lowest BCUT2D eigenvalue weighted by atomic mass is 10.0. The molecule has 0 saturated heterocycles. The molecule has 0 N–H and O–H groups in total. The number of benzene rings is 2. The Morgan fingerprint density at radius 1 is 0.913 bits per heavy atom. The third-order valence-corrected chi connectivity index (χ3v) is 3.33. The summed E-state index contributed by atoms with van der Waals surface area (Å²) in [5, 5.41) is 0. The number of hydrogen-bond acceptors (Lipinski definition) is 4. The number of carbonyl (C=O) groups is 2. The Balaban J connectivity index is 0.000000924. The van der Waals surface area contributed by atoms with Crippen molar-refractivity contribution in [2.75, 3.05) is 0 Å². The minimum Gasteiger partial charge on any atom is -0.443 e. The smallest absolute Gasteiger partial charge is 0.181 e. The summed E-state index contributed by atoms with van der Waals surface area (Å²) in [5.74, 6) is -0.0874. The molecular weight excluding hydrogens is 290 g/mol. The van der Waals surface area contributed by atoms with Crippen LogP contribution in [0.15, 0.2) is 59.3 Å². The quantitative estimate of drug-likeness (QED) is 0.641. The fourth-order valence-corrected chi connectivity index (χ4v) is 2.17. The van der Waals surface area contributed by atoms with E-state index in [-0.39, 0.29) is 24.4 Å². The van der Waals surface area contributed by atoms with Crippen LogP contribution in [0.25, 0.3) is 11.1 Å². The molecule has 1 aromatic heterocycles. The maximum absolute atomic E-state index is 12.1. The number of ketones is 2. The molecule has 2 aromatic carbocycles. The van der Waals surface area contributed by atoms with Crippen LogP contribution in [0.5, 0.6) is 0 Å². The average molecular weight is 309 g/mol. The standard InChI is InChI=1S/C17H13NO3.C2H6/c19-15(12-4-2-1-3-5-12)7-8-16(20)13-6-9-17-14(10-13)18-11-21-17;1-2/h1-6,9-11H,7-8H2;1-2H3. The number of aromatic nitrogens is 1. The van der Waals surface area contributed by atoms with Gasteiger partial charge in [0.2, 0.25) is 0 Å². The monoisotopic (exact) mass is 309 g/mol. The first-order chi connectivity index (χ1) is 11.2. The largest absolute Gasteiger partial charge is 0.443 e. The number of hydrogen-bond donors (Lipinski definition) is 0. The van der Waals surface area contributed by atoms with Gasteiger partial charge in [0, 0.05) is 24.0 Å². The zero-order valence-corrected chi connectivity index (χ0v) is 13.3. The van der Waals surface area contributed by atoms with E-state index in [9.17, 15) is 9.59 Å². The third-order valence-electron chi connectivity index (χ3n) is 3.33.